The highest BCUT2D eigenvalue weighted by molar-refractivity contribution is 8.00. The predicted octanol–water partition coefficient (Wildman–Crippen LogP) is 14.4. The molecule has 0 nitrogen and oxygen atoms in total. The van der Waals surface area contributed by atoms with E-state index in [1.807, 2.05) is 0 Å². The van der Waals surface area contributed by atoms with Gasteiger partial charge in [-0.05, 0) is 36.0 Å². The summed E-state index contributed by atoms with van der Waals surface area (Å²) in [5, 5.41) is 0.829. The summed E-state index contributed by atoms with van der Waals surface area (Å²) in [6, 6.07) is 0. The lowest BCUT2D eigenvalue weighted by molar-refractivity contribution is 0.538. The molecule has 0 aliphatic carbocycles. The van der Waals surface area contributed by atoms with Gasteiger partial charge in [0.25, 0.3) is 0 Å². The molecule has 0 aliphatic rings. The summed E-state index contributed by atoms with van der Waals surface area (Å²) < 4.78 is 0. The van der Waals surface area contributed by atoms with Gasteiger partial charge in [0.2, 0.25) is 0 Å². The van der Waals surface area contributed by atoms with Crippen molar-refractivity contribution in [2.24, 2.45) is 5.92 Å². The third-order valence-electron chi connectivity index (χ3n) is 8.70. The Labute approximate surface area is 258 Å². The topological polar surface area (TPSA) is 0 Å². The van der Waals surface area contributed by atoms with E-state index in [2.05, 4.69) is 51.2 Å². The van der Waals surface area contributed by atoms with Gasteiger partial charge in [-0.2, -0.15) is 23.5 Å². The molecule has 0 radical (unpaired) electrons. The average Bonchev–Trinajstić information content (AvgIpc) is 2.94. The van der Waals surface area contributed by atoms with Crippen LogP contribution in [0, 0.1) is 5.92 Å². The van der Waals surface area contributed by atoms with Gasteiger partial charge >= 0.3 is 0 Å². The molecule has 0 aromatic carbocycles. The predicted molar refractivity (Wildman–Crippen MR) is 189 cm³/mol. The maximum Gasteiger partial charge on any atom is 0.00522 e. The fourth-order valence-electron chi connectivity index (χ4n) is 5.53. The van der Waals surface area contributed by atoms with Gasteiger partial charge in [-0.15, -0.1) is 0 Å². The van der Waals surface area contributed by atoms with Crippen LogP contribution in [0.1, 0.15) is 207 Å². The number of unbranched alkanes of at least 4 members (excludes halogenated alkanes) is 26. The number of hydrogen-bond donors (Lipinski definition) is 0. The molecule has 0 saturated carbocycles. The first kappa shape index (κ1) is 39.7. The third kappa shape index (κ3) is 33.1. The van der Waals surface area contributed by atoms with Crippen molar-refractivity contribution in [3.05, 3.63) is 0 Å². The Morgan fingerprint density at radius 1 is 0.359 bits per heavy atom. The Balaban J connectivity index is 3.26. The van der Waals surface area contributed by atoms with Crippen molar-refractivity contribution in [1.82, 2.24) is 0 Å². The highest BCUT2D eigenvalue weighted by atomic mass is 32.2. The largest absolute Gasteiger partial charge is 0.162 e. The van der Waals surface area contributed by atoms with Crippen LogP contribution >= 0.6 is 23.5 Å². The maximum absolute atomic E-state index is 2.49. The lowest BCUT2D eigenvalue weighted by Gasteiger charge is -2.19. The van der Waals surface area contributed by atoms with Gasteiger partial charge in [0.15, 0.2) is 0 Å². The second-order valence-corrected chi connectivity index (χ2v) is 15.5. The van der Waals surface area contributed by atoms with Crippen LogP contribution < -0.4 is 0 Å². The normalized spacial score (nSPS) is 13.2. The van der Waals surface area contributed by atoms with E-state index in [4.69, 9.17) is 0 Å². The summed E-state index contributed by atoms with van der Waals surface area (Å²) in [6.45, 7) is 9.58. The van der Waals surface area contributed by atoms with Crippen LogP contribution in [0.15, 0.2) is 0 Å². The quantitative estimate of drug-likeness (QED) is 0.0690. The molecule has 0 fully saturated rings. The molecule has 2 heteroatoms. The van der Waals surface area contributed by atoms with Crippen molar-refractivity contribution < 1.29 is 0 Å². The van der Waals surface area contributed by atoms with Gasteiger partial charge in [-0.25, -0.2) is 0 Å². The van der Waals surface area contributed by atoms with E-state index in [0.29, 0.717) is 0 Å². The molecule has 0 saturated heterocycles. The Morgan fingerprint density at radius 3 is 0.974 bits per heavy atom. The Hall–Kier alpha value is 0.700. The first-order chi connectivity index (χ1) is 19.2. The molecule has 0 rings (SSSR count). The zero-order chi connectivity index (χ0) is 28.5. The highest BCUT2D eigenvalue weighted by Crippen LogP contribution is 2.25. The molecule has 0 spiro atoms. The minimum atomic E-state index is 0.829. The van der Waals surface area contributed by atoms with Crippen LogP contribution in [0.4, 0.5) is 0 Å². The van der Waals surface area contributed by atoms with Gasteiger partial charge < -0.3 is 0 Å². The molecule has 39 heavy (non-hydrogen) atoms. The zero-order valence-corrected chi connectivity index (χ0v) is 29.5. The van der Waals surface area contributed by atoms with Crippen molar-refractivity contribution >= 4 is 23.5 Å². The van der Waals surface area contributed by atoms with Crippen LogP contribution in [-0.2, 0) is 0 Å². The molecule has 236 valence electrons. The van der Waals surface area contributed by atoms with E-state index < -0.39 is 0 Å². The number of thioether (sulfide) groups is 2. The second-order valence-electron chi connectivity index (χ2n) is 12.8. The van der Waals surface area contributed by atoms with Gasteiger partial charge in [0.1, 0.15) is 0 Å². The Bertz CT molecular complexity index is 424. The van der Waals surface area contributed by atoms with Crippen molar-refractivity contribution in [3.63, 3.8) is 0 Å². The summed E-state index contributed by atoms with van der Waals surface area (Å²) >= 11 is 4.47. The molecule has 0 N–H and O–H groups in total. The maximum atomic E-state index is 2.49. The molecule has 0 aromatic heterocycles. The second kappa shape index (κ2) is 34.9. The molecule has 2 atom stereocenters. The lowest BCUT2D eigenvalue weighted by Crippen LogP contribution is -2.13. The van der Waals surface area contributed by atoms with Gasteiger partial charge in [0.05, 0.1) is 0 Å². The van der Waals surface area contributed by atoms with Crippen molar-refractivity contribution in [2.45, 2.75) is 213 Å². The minimum Gasteiger partial charge on any atom is -0.162 e. The molecule has 2 unspecified atom stereocenters. The van der Waals surface area contributed by atoms with Gasteiger partial charge in [0, 0.05) is 5.25 Å². The standard InChI is InChI=1S/C37H76S2/c1-5-7-9-11-13-15-17-19-21-23-25-27-29-31-33-38-35-36(3)37(4)39-34-32-30-28-26-24-22-20-18-16-14-12-10-8-6-2/h36-37H,5-35H2,1-4H3. The highest BCUT2D eigenvalue weighted by Gasteiger charge is 2.12. The van der Waals surface area contributed by atoms with Crippen LogP contribution in [0.25, 0.3) is 0 Å². The summed E-state index contributed by atoms with van der Waals surface area (Å²) in [5.74, 6) is 5.00. The van der Waals surface area contributed by atoms with Gasteiger partial charge in [-0.3, -0.25) is 0 Å². The molecule has 0 aliphatic heterocycles. The van der Waals surface area contributed by atoms with Crippen LogP contribution in [0.5, 0.6) is 0 Å². The van der Waals surface area contributed by atoms with Crippen molar-refractivity contribution in [1.29, 1.82) is 0 Å². The van der Waals surface area contributed by atoms with Crippen molar-refractivity contribution in [3.8, 4) is 0 Å². The van der Waals surface area contributed by atoms with E-state index in [9.17, 15) is 0 Å². The van der Waals surface area contributed by atoms with Crippen molar-refractivity contribution in [2.75, 3.05) is 17.3 Å². The zero-order valence-electron chi connectivity index (χ0n) is 27.9. The summed E-state index contributed by atoms with van der Waals surface area (Å²) in [6.07, 6.45) is 41.0. The first-order valence-electron chi connectivity index (χ1n) is 18.4. The van der Waals surface area contributed by atoms with E-state index in [-0.39, 0.29) is 0 Å². The minimum absolute atomic E-state index is 0.829. The molecule has 0 bridgehead atoms. The molecule has 0 aromatic rings. The number of hydrogen-bond acceptors (Lipinski definition) is 2. The monoisotopic (exact) mass is 585 g/mol. The summed E-state index contributed by atoms with van der Waals surface area (Å²) in [4.78, 5) is 0. The SMILES string of the molecule is CCCCCCCCCCCCCCCCSCC(C)C(C)SCCCCCCCCCCCCCCCC. The Morgan fingerprint density at radius 2 is 0.641 bits per heavy atom. The summed E-state index contributed by atoms with van der Waals surface area (Å²) in [5.41, 5.74) is 0. The van der Waals surface area contributed by atoms with Gasteiger partial charge in [-0.1, -0.05) is 195 Å². The number of rotatable bonds is 34. The van der Waals surface area contributed by atoms with E-state index >= 15 is 0 Å². The first-order valence-corrected chi connectivity index (χ1v) is 20.6. The van der Waals surface area contributed by atoms with E-state index in [1.54, 1.807) is 0 Å². The summed E-state index contributed by atoms with van der Waals surface area (Å²) in [7, 11) is 0. The van der Waals surface area contributed by atoms with Crippen LogP contribution in [-0.4, -0.2) is 22.5 Å². The molecule has 0 heterocycles. The fourth-order valence-corrected chi connectivity index (χ4v) is 8.06. The fraction of sp³-hybridized carbons (Fsp3) is 1.00. The molecular formula is C37H76S2. The van der Waals surface area contributed by atoms with Crippen LogP contribution in [0.3, 0.4) is 0 Å². The third-order valence-corrected chi connectivity index (χ3v) is 11.6. The lowest BCUT2D eigenvalue weighted by atomic mass is 10.0. The molecule has 0 amide bonds. The Kier molecular flexibility index (Phi) is 35.5. The molecular weight excluding hydrogens is 509 g/mol. The average molecular weight is 585 g/mol. The van der Waals surface area contributed by atoms with Crippen LogP contribution in [0.2, 0.25) is 0 Å². The van der Waals surface area contributed by atoms with E-state index in [0.717, 1.165) is 11.2 Å². The van der Waals surface area contributed by atoms with E-state index in [1.165, 1.54) is 197 Å². The smallest absolute Gasteiger partial charge is 0.00522 e.